The molecule has 0 saturated carbocycles. The molecule has 0 radical (unpaired) electrons. The van der Waals surface area contributed by atoms with Gasteiger partial charge in [-0.1, -0.05) is 65.1 Å². The number of esters is 1. The Labute approximate surface area is 213 Å². The summed E-state index contributed by atoms with van der Waals surface area (Å²) in [4.78, 5) is 34.9. The summed E-state index contributed by atoms with van der Waals surface area (Å²) in [7, 11) is 0. The molecule has 4 rings (SSSR count). The summed E-state index contributed by atoms with van der Waals surface area (Å²) in [5.74, 6) is -0.652. The van der Waals surface area contributed by atoms with Gasteiger partial charge in [-0.3, -0.25) is 4.79 Å². The minimum atomic E-state index is -0.451. The predicted molar refractivity (Wildman–Crippen MR) is 142 cm³/mol. The van der Waals surface area contributed by atoms with E-state index in [1.54, 1.807) is 6.92 Å². The number of carbonyl (C=O) groups excluding carboxylic acids is 2. The quantitative estimate of drug-likeness (QED) is 0.231. The molecule has 2 aromatic carbocycles. The number of anilines is 1. The van der Waals surface area contributed by atoms with Crippen molar-refractivity contribution in [1.29, 1.82) is 0 Å². The van der Waals surface area contributed by atoms with Gasteiger partial charge < -0.3 is 10.1 Å². The molecule has 0 aliphatic heterocycles. The van der Waals surface area contributed by atoms with Gasteiger partial charge in [0.1, 0.15) is 11.5 Å². The summed E-state index contributed by atoms with van der Waals surface area (Å²) in [6.07, 6.45) is 0. The Hall–Kier alpha value is -3.23. The highest BCUT2D eigenvalue weighted by Crippen LogP contribution is 2.30. The number of amides is 1. The third-order valence-corrected chi connectivity index (χ3v) is 7.59. The molecule has 8 heteroatoms. The van der Waals surface area contributed by atoms with E-state index in [2.05, 4.69) is 43.2 Å². The van der Waals surface area contributed by atoms with Crippen LogP contribution in [0.4, 0.5) is 5.13 Å². The summed E-state index contributed by atoms with van der Waals surface area (Å²) in [5.41, 5.74) is 5.85. The standard InChI is InChI=1S/C27H27N3O3S2/c1-15-11-17(3)23-21(12-15)16(2)13-22(29-23)34-19(5)25(31)30-27-28-18(4)24(35-27)26(32)33-14-20-9-7-6-8-10-20/h6-13,19H,14H2,1-5H3,(H,28,30,31). The highest BCUT2D eigenvalue weighted by Gasteiger charge is 2.21. The molecular weight excluding hydrogens is 478 g/mol. The van der Waals surface area contributed by atoms with Crippen LogP contribution in [0.3, 0.4) is 0 Å². The van der Waals surface area contributed by atoms with E-state index in [4.69, 9.17) is 9.72 Å². The van der Waals surface area contributed by atoms with Crippen LogP contribution < -0.4 is 5.32 Å². The molecule has 2 aromatic heterocycles. The van der Waals surface area contributed by atoms with Gasteiger partial charge in [0.25, 0.3) is 0 Å². The molecule has 35 heavy (non-hydrogen) atoms. The number of thiazole rings is 1. The maximum atomic E-state index is 12.9. The first kappa shape index (κ1) is 24.9. The summed E-state index contributed by atoms with van der Waals surface area (Å²) >= 11 is 2.52. The molecule has 0 saturated heterocycles. The Morgan fingerprint density at radius 3 is 2.51 bits per heavy atom. The predicted octanol–water partition coefficient (Wildman–Crippen LogP) is 6.40. The van der Waals surface area contributed by atoms with Crippen LogP contribution in [0.25, 0.3) is 10.9 Å². The first-order valence-corrected chi connectivity index (χ1v) is 13.0. The summed E-state index contributed by atoms with van der Waals surface area (Å²) < 4.78 is 5.41. The highest BCUT2D eigenvalue weighted by molar-refractivity contribution is 8.00. The van der Waals surface area contributed by atoms with E-state index in [-0.39, 0.29) is 12.5 Å². The minimum Gasteiger partial charge on any atom is -0.457 e. The maximum Gasteiger partial charge on any atom is 0.350 e. The summed E-state index contributed by atoms with van der Waals surface area (Å²) in [6.45, 7) is 9.95. The summed E-state index contributed by atoms with van der Waals surface area (Å²) in [6, 6.07) is 15.8. The van der Waals surface area contributed by atoms with Crippen molar-refractivity contribution in [3.8, 4) is 0 Å². The van der Waals surface area contributed by atoms with Gasteiger partial charge in [0.2, 0.25) is 5.91 Å². The Morgan fingerprint density at radius 2 is 1.77 bits per heavy atom. The van der Waals surface area contributed by atoms with Crippen molar-refractivity contribution in [2.24, 2.45) is 0 Å². The second-order valence-electron chi connectivity index (χ2n) is 8.50. The smallest absolute Gasteiger partial charge is 0.350 e. The zero-order valence-electron chi connectivity index (χ0n) is 20.3. The SMILES string of the molecule is Cc1cc(C)c2nc(SC(C)C(=O)Nc3nc(C)c(C(=O)OCc4ccccc4)s3)cc(C)c2c1. The van der Waals surface area contributed by atoms with E-state index in [1.807, 2.05) is 43.3 Å². The molecule has 0 fully saturated rings. The van der Waals surface area contributed by atoms with Crippen LogP contribution in [0.2, 0.25) is 0 Å². The molecule has 0 aliphatic rings. The number of nitrogens with one attached hydrogen (secondary N) is 1. The van der Waals surface area contributed by atoms with Gasteiger partial charge in [0, 0.05) is 5.39 Å². The van der Waals surface area contributed by atoms with Gasteiger partial charge in [-0.2, -0.15) is 0 Å². The fourth-order valence-corrected chi connectivity index (χ4v) is 5.52. The van der Waals surface area contributed by atoms with Crippen molar-refractivity contribution in [2.45, 2.75) is 51.5 Å². The average molecular weight is 506 g/mol. The molecule has 1 N–H and O–H groups in total. The van der Waals surface area contributed by atoms with Crippen molar-refractivity contribution in [1.82, 2.24) is 9.97 Å². The van der Waals surface area contributed by atoms with Gasteiger partial charge in [-0.15, -0.1) is 0 Å². The Bertz CT molecular complexity index is 1400. The Morgan fingerprint density at radius 1 is 1.03 bits per heavy atom. The second-order valence-corrected chi connectivity index (χ2v) is 10.9. The van der Waals surface area contributed by atoms with Crippen LogP contribution in [-0.2, 0) is 16.1 Å². The maximum absolute atomic E-state index is 12.9. The fourth-order valence-electron chi connectivity index (χ4n) is 3.74. The van der Waals surface area contributed by atoms with Crippen molar-refractivity contribution in [2.75, 3.05) is 5.32 Å². The van der Waals surface area contributed by atoms with Gasteiger partial charge in [-0.25, -0.2) is 14.8 Å². The number of nitrogens with zero attached hydrogens (tertiary/aromatic N) is 2. The van der Waals surface area contributed by atoms with Crippen LogP contribution >= 0.6 is 23.1 Å². The van der Waals surface area contributed by atoms with Crippen molar-refractivity contribution in [3.63, 3.8) is 0 Å². The number of hydrogen-bond donors (Lipinski definition) is 1. The first-order valence-electron chi connectivity index (χ1n) is 11.3. The number of pyridine rings is 1. The van der Waals surface area contributed by atoms with E-state index < -0.39 is 11.2 Å². The molecule has 4 aromatic rings. The molecule has 180 valence electrons. The monoisotopic (exact) mass is 505 g/mol. The molecular formula is C27H27N3O3S2. The molecule has 1 amide bonds. The van der Waals surface area contributed by atoms with E-state index in [0.717, 1.165) is 44.0 Å². The Balaban J connectivity index is 1.41. The van der Waals surface area contributed by atoms with Crippen LogP contribution in [0.1, 0.15) is 44.5 Å². The second kappa shape index (κ2) is 10.6. The number of benzene rings is 2. The summed E-state index contributed by atoms with van der Waals surface area (Å²) in [5, 5.41) is 4.74. The lowest BCUT2D eigenvalue weighted by atomic mass is 10.0. The molecule has 1 unspecified atom stereocenters. The number of aryl methyl sites for hydroxylation is 4. The van der Waals surface area contributed by atoms with E-state index in [1.165, 1.54) is 17.3 Å². The highest BCUT2D eigenvalue weighted by atomic mass is 32.2. The zero-order valence-corrected chi connectivity index (χ0v) is 22.0. The number of fused-ring (bicyclic) bond motifs is 1. The lowest BCUT2D eigenvalue weighted by Crippen LogP contribution is -2.22. The van der Waals surface area contributed by atoms with Gasteiger partial charge >= 0.3 is 5.97 Å². The van der Waals surface area contributed by atoms with E-state index in [9.17, 15) is 9.59 Å². The van der Waals surface area contributed by atoms with Crippen LogP contribution in [0.5, 0.6) is 0 Å². The molecule has 2 heterocycles. The van der Waals surface area contributed by atoms with Crippen molar-refractivity contribution in [3.05, 3.63) is 81.4 Å². The Kier molecular flexibility index (Phi) is 7.52. The number of rotatable bonds is 7. The van der Waals surface area contributed by atoms with Crippen molar-refractivity contribution < 1.29 is 14.3 Å². The fraction of sp³-hybridized carbons (Fsp3) is 0.259. The minimum absolute atomic E-state index is 0.184. The van der Waals surface area contributed by atoms with Crippen LogP contribution in [0.15, 0.2) is 53.6 Å². The third kappa shape index (κ3) is 5.89. The number of hydrogen-bond acceptors (Lipinski definition) is 7. The number of ether oxygens (including phenoxy) is 1. The molecule has 1 atom stereocenters. The number of carbonyl (C=O) groups is 2. The molecule has 6 nitrogen and oxygen atoms in total. The van der Waals surface area contributed by atoms with Crippen LogP contribution in [0, 0.1) is 27.7 Å². The largest absolute Gasteiger partial charge is 0.457 e. The number of aromatic nitrogens is 2. The van der Waals surface area contributed by atoms with Gasteiger partial charge in [0.05, 0.1) is 21.5 Å². The van der Waals surface area contributed by atoms with Crippen LogP contribution in [-0.4, -0.2) is 27.1 Å². The first-order chi connectivity index (χ1) is 16.7. The third-order valence-electron chi connectivity index (χ3n) is 5.52. The van der Waals surface area contributed by atoms with E-state index >= 15 is 0 Å². The van der Waals surface area contributed by atoms with E-state index in [0.29, 0.717) is 15.7 Å². The molecule has 0 aliphatic carbocycles. The van der Waals surface area contributed by atoms with Crippen molar-refractivity contribution >= 4 is 51.0 Å². The zero-order chi connectivity index (χ0) is 25.1. The molecule has 0 bridgehead atoms. The average Bonchev–Trinajstić information content (AvgIpc) is 3.18. The van der Waals surface area contributed by atoms with Gasteiger partial charge in [0.15, 0.2) is 5.13 Å². The van der Waals surface area contributed by atoms with Gasteiger partial charge in [-0.05, 0) is 63.4 Å². The lowest BCUT2D eigenvalue weighted by Gasteiger charge is -2.13. The lowest BCUT2D eigenvalue weighted by molar-refractivity contribution is -0.115. The number of thioether (sulfide) groups is 1. The molecule has 0 spiro atoms. The topological polar surface area (TPSA) is 81.2 Å². The normalized spacial score (nSPS) is 11.9.